The maximum absolute atomic E-state index is 11.3. The molecule has 1 amide bonds. The van der Waals surface area contributed by atoms with E-state index < -0.39 is 0 Å². The Morgan fingerprint density at radius 2 is 1.42 bits per heavy atom. The maximum atomic E-state index is 11.3. The van der Waals surface area contributed by atoms with Crippen LogP contribution < -0.4 is 10.6 Å². The molecule has 2 fully saturated rings. The van der Waals surface area contributed by atoms with Crippen molar-refractivity contribution < 1.29 is 4.79 Å². The Labute approximate surface area is 146 Å². The summed E-state index contributed by atoms with van der Waals surface area (Å²) >= 11 is 0. The van der Waals surface area contributed by atoms with E-state index in [4.69, 9.17) is 0 Å². The van der Waals surface area contributed by atoms with Crippen LogP contribution in [0.2, 0.25) is 0 Å². The molecule has 2 aliphatic rings. The highest BCUT2D eigenvalue weighted by molar-refractivity contribution is 5.79. The lowest BCUT2D eigenvalue weighted by Crippen LogP contribution is -2.50. The number of carbonyl (C=O) groups excluding carboxylic acids is 1. The minimum atomic E-state index is 0.186. The van der Waals surface area contributed by atoms with Crippen molar-refractivity contribution in [2.75, 3.05) is 72.5 Å². The van der Waals surface area contributed by atoms with Gasteiger partial charge in [0.1, 0.15) is 0 Å². The predicted molar refractivity (Wildman–Crippen MR) is 98.3 cm³/mol. The number of guanidine groups is 1. The standard InChI is InChI=1S/C17H34N6O/c1-16(24)23-14-12-22(13-15-23)11-7-20-17(18-2)19-6-10-21-8-4-3-5-9-21/h3-15H2,1-2H3,(H2,18,19,20). The van der Waals surface area contributed by atoms with Gasteiger partial charge in [0.15, 0.2) is 5.96 Å². The number of piperidine rings is 1. The quantitative estimate of drug-likeness (QED) is 0.519. The predicted octanol–water partition coefficient (Wildman–Crippen LogP) is -0.199. The number of rotatable bonds is 6. The Bertz CT molecular complexity index is 400. The van der Waals surface area contributed by atoms with E-state index in [-0.39, 0.29) is 5.91 Å². The third kappa shape index (κ3) is 6.65. The monoisotopic (exact) mass is 338 g/mol. The molecule has 0 spiro atoms. The minimum absolute atomic E-state index is 0.186. The number of likely N-dealkylation sites (tertiary alicyclic amines) is 1. The summed E-state index contributed by atoms with van der Waals surface area (Å²) in [6.07, 6.45) is 4.06. The van der Waals surface area contributed by atoms with E-state index in [0.717, 1.165) is 58.3 Å². The Morgan fingerprint density at radius 1 is 0.875 bits per heavy atom. The molecule has 0 atom stereocenters. The van der Waals surface area contributed by atoms with Gasteiger partial charge in [0, 0.05) is 66.3 Å². The van der Waals surface area contributed by atoms with Crippen LogP contribution in [0.4, 0.5) is 0 Å². The third-order valence-corrected chi connectivity index (χ3v) is 4.93. The molecule has 24 heavy (non-hydrogen) atoms. The smallest absolute Gasteiger partial charge is 0.219 e. The zero-order valence-corrected chi connectivity index (χ0v) is 15.4. The third-order valence-electron chi connectivity index (χ3n) is 4.93. The number of aliphatic imine (C=N–C) groups is 1. The molecule has 2 rings (SSSR count). The molecule has 2 saturated heterocycles. The molecule has 0 aliphatic carbocycles. The van der Waals surface area contributed by atoms with Crippen LogP contribution in [-0.4, -0.2) is 99.1 Å². The molecule has 2 aliphatic heterocycles. The van der Waals surface area contributed by atoms with Crippen molar-refractivity contribution in [2.24, 2.45) is 4.99 Å². The average Bonchev–Trinajstić information content (AvgIpc) is 2.61. The highest BCUT2D eigenvalue weighted by Gasteiger charge is 2.17. The van der Waals surface area contributed by atoms with E-state index in [1.807, 2.05) is 11.9 Å². The van der Waals surface area contributed by atoms with E-state index in [1.54, 1.807) is 6.92 Å². The first-order valence-electron chi connectivity index (χ1n) is 9.34. The summed E-state index contributed by atoms with van der Waals surface area (Å²) in [6.45, 7) is 11.6. The summed E-state index contributed by atoms with van der Waals surface area (Å²) in [6, 6.07) is 0. The summed E-state index contributed by atoms with van der Waals surface area (Å²) in [5, 5.41) is 6.79. The van der Waals surface area contributed by atoms with Gasteiger partial charge in [-0.05, 0) is 25.9 Å². The topological polar surface area (TPSA) is 63.2 Å². The summed E-state index contributed by atoms with van der Waals surface area (Å²) in [4.78, 5) is 22.5. The fourth-order valence-electron chi connectivity index (χ4n) is 3.35. The highest BCUT2D eigenvalue weighted by Crippen LogP contribution is 2.07. The number of hydrogen-bond donors (Lipinski definition) is 2. The lowest BCUT2D eigenvalue weighted by Gasteiger charge is -2.34. The van der Waals surface area contributed by atoms with Gasteiger partial charge < -0.3 is 20.4 Å². The molecule has 0 radical (unpaired) electrons. The van der Waals surface area contributed by atoms with Gasteiger partial charge in [-0.3, -0.25) is 14.7 Å². The second-order valence-corrected chi connectivity index (χ2v) is 6.68. The van der Waals surface area contributed by atoms with Gasteiger partial charge in [-0.25, -0.2) is 0 Å². The van der Waals surface area contributed by atoms with Gasteiger partial charge in [0.05, 0.1) is 0 Å². The van der Waals surface area contributed by atoms with Gasteiger partial charge in [0.2, 0.25) is 5.91 Å². The second-order valence-electron chi connectivity index (χ2n) is 6.68. The molecule has 138 valence electrons. The van der Waals surface area contributed by atoms with Crippen molar-refractivity contribution in [3.05, 3.63) is 0 Å². The molecule has 0 aromatic carbocycles. The molecule has 7 nitrogen and oxygen atoms in total. The molecular formula is C17H34N6O. The lowest BCUT2D eigenvalue weighted by molar-refractivity contribution is -0.130. The first kappa shape index (κ1) is 19.0. The van der Waals surface area contributed by atoms with Crippen molar-refractivity contribution in [1.29, 1.82) is 0 Å². The average molecular weight is 339 g/mol. The van der Waals surface area contributed by atoms with E-state index in [1.165, 1.54) is 32.4 Å². The first-order chi connectivity index (χ1) is 11.7. The summed E-state index contributed by atoms with van der Waals surface area (Å²) in [7, 11) is 1.82. The molecule has 7 heteroatoms. The SMILES string of the molecule is CN=C(NCCN1CCCCC1)NCCN1CCN(C(C)=O)CC1. The zero-order valence-electron chi connectivity index (χ0n) is 15.4. The van der Waals surface area contributed by atoms with Crippen molar-refractivity contribution >= 4 is 11.9 Å². The Hall–Kier alpha value is -1.34. The highest BCUT2D eigenvalue weighted by atomic mass is 16.2. The van der Waals surface area contributed by atoms with Gasteiger partial charge >= 0.3 is 0 Å². The van der Waals surface area contributed by atoms with Crippen LogP contribution in [0.5, 0.6) is 0 Å². The molecule has 0 aromatic heterocycles. The number of carbonyl (C=O) groups is 1. The molecular weight excluding hydrogens is 304 g/mol. The van der Waals surface area contributed by atoms with Crippen LogP contribution in [0.25, 0.3) is 0 Å². The van der Waals surface area contributed by atoms with Crippen LogP contribution in [-0.2, 0) is 4.79 Å². The zero-order chi connectivity index (χ0) is 17.2. The van der Waals surface area contributed by atoms with E-state index in [2.05, 4.69) is 25.4 Å². The Balaban J connectivity index is 1.54. The lowest BCUT2D eigenvalue weighted by atomic mass is 10.1. The molecule has 2 heterocycles. The molecule has 2 N–H and O–H groups in total. The van der Waals surface area contributed by atoms with Gasteiger partial charge in [-0.2, -0.15) is 0 Å². The van der Waals surface area contributed by atoms with Crippen LogP contribution in [0.15, 0.2) is 4.99 Å². The number of piperazine rings is 1. The van der Waals surface area contributed by atoms with Crippen LogP contribution in [0.1, 0.15) is 26.2 Å². The Morgan fingerprint density at radius 3 is 1.92 bits per heavy atom. The molecule has 0 bridgehead atoms. The summed E-state index contributed by atoms with van der Waals surface area (Å²) < 4.78 is 0. The fourth-order valence-corrected chi connectivity index (χ4v) is 3.35. The molecule has 0 aromatic rings. The van der Waals surface area contributed by atoms with Crippen molar-refractivity contribution in [2.45, 2.75) is 26.2 Å². The first-order valence-corrected chi connectivity index (χ1v) is 9.34. The Kier molecular flexibility index (Phi) is 8.32. The second kappa shape index (κ2) is 10.5. The van der Waals surface area contributed by atoms with Gasteiger partial charge in [-0.15, -0.1) is 0 Å². The van der Waals surface area contributed by atoms with Crippen molar-refractivity contribution in [3.63, 3.8) is 0 Å². The number of hydrogen-bond acceptors (Lipinski definition) is 4. The van der Waals surface area contributed by atoms with E-state index >= 15 is 0 Å². The van der Waals surface area contributed by atoms with Crippen LogP contribution >= 0.6 is 0 Å². The van der Waals surface area contributed by atoms with Crippen molar-refractivity contribution in [1.82, 2.24) is 25.3 Å². The summed E-state index contributed by atoms with van der Waals surface area (Å²) in [5.74, 6) is 1.07. The van der Waals surface area contributed by atoms with E-state index in [0.29, 0.717) is 0 Å². The summed E-state index contributed by atoms with van der Waals surface area (Å²) in [5.41, 5.74) is 0. The number of nitrogens with one attached hydrogen (secondary N) is 2. The van der Waals surface area contributed by atoms with Crippen LogP contribution in [0, 0.1) is 0 Å². The van der Waals surface area contributed by atoms with Gasteiger partial charge in [0.25, 0.3) is 0 Å². The molecule has 0 saturated carbocycles. The van der Waals surface area contributed by atoms with E-state index in [9.17, 15) is 4.79 Å². The van der Waals surface area contributed by atoms with Crippen LogP contribution in [0.3, 0.4) is 0 Å². The minimum Gasteiger partial charge on any atom is -0.355 e. The van der Waals surface area contributed by atoms with Crippen molar-refractivity contribution in [3.8, 4) is 0 Å². The number of amides is 1. The normalized spacial score (nSPS) is 20.9. The number of nitrogens with zero attached hydrogens (tertiary/aromatic N) is 4. The molecule has 0 unspecified atom stereocenters. The maximum Gasteiger partial charge on any atom is 0.219 e. The van der Waals surface area contributed by atoms with Gasteiger partial charge in [-0.1, -0.05) is 6.42 Å². The fraction of sp³-hybridized carbons (Fsp3) is 0.882. The largest absolute Gasteiger partial charge is 0.355 e.